The predicted molar refractivity (Wildman–Crippen MR) is 112 cm³/mol. The Bertz CT molecular complexity index is 1040. The van der Waals surface area contributed by atoms with Gasteiger partial charge in [0.25, 0.3) is 6.01 Å². The Kier molecular flexibility index (Phi) is 4.24. The summed E-state index contributed by atoms with van der Waals surface area (Å²) < 4.78 is 17.0. The number of oxazole rings is 1. The number of benzene rings is 1. The summed E-state index contributed by atoms with van der Waals surface area (Å²) in [5.74, 6) is 1.79. The average Bonchev–Trinajstić information content (AvgIpc) is 3.39. The lowest BCUT2D eigenvalue weighted by molar-refractivity contribution is 0.0777. The second-order valence-electron chi connectivity index (χ2n) is 7.97. The minimum absolute atomic E-state index is 0.265. The molecule has 0 unspecified atom stereocenters. The lowest BCUT2D eigenvalue weighted by atomic mass is 10.1. The first kappa shape index (κ1) is 17.9. The van der Waals surface area contributed by atoms with Crippen LogP contribution in [0.25, 0.3) is 11.1 Å². The summed E-state index contributed by atoms with van der Waals surface area (Å²) in [5, 5.41) is 0. The number of aromatic nitrogens is 3. The minimum Gasteiger partial charge on any atom is -0.423 e. The number of fused-ring (bicyclic) bond motifs is 2. The van der Waals surface area contributed by atoms with Gasteiger partial charge in [0.05, 0.1) is 25.0 Å². The van der Waals surface area contributed by atoms with Crippen LogP contribution in [0.5, 0.6) is 0 Å². The molecule has 3 aliphatic heterocycles. The fourth-order valence-electron chi connectivity index (χ4n) is 4.28. The number of methoxy groups -OCH3 is 1. The third-order valence-corrected chi connectivity index (χ3v) is 6.14. The number of para-hydroxylation sites is 2. The van der Waals surface area contributed by atoms with Crippen molar-refractivity contribution < 1.29 is 13.9 Å². The van der Waals surface area contributed by atoms with E-state index in [9.17, 15) is 0 Å². The second kappa shape index (κ2) is 7.10. The molecule has 3 aliphatic rings. The molecule has 0 aliphatic carbocycles. The molecule has 1 aromatic carbocycles. The van der Waals surface area contributed by atoms with Gasteiger partial charge in [-0.25, -0.2) is 4.98 Å². The van der Waals surface area contributed by atoms with Crippen LogP contribution in [-0.4, -0.2) is 67.4 Å². The predicted octanol–water partition coefficient (Wildman–Crippen LogP) is 1.81. The van der Waals surface area contributed by atoms with Crippen molar-refractivity contribution in [2.75, 3.05) is 61.1 Å². The quantitative estimate of drug-likeness (QED) is 0.642. The second-order valence-corrected chi connectivity index (χ2v) is 7.97. The zero-order chi connectivity index (χ0) is 20.1. The van der Waals surface area contributed by atoms with Crippen LogP contribution < -0.4 is 14.7 Å². The van der Waals surface area contributed by atoms with Crippen molar-refractivity contribution in [2.24, 2.45) is 0 Å². The molecule has 9 nitrogen and oxygen atoms in total. The van der Waals surface area contributed by atoms with Crippen LogP contribution in [0.4, 0.5) is 17.8 Å². The monoisotopic (exact) mass is 408 g/mol. The number of rotatable bonds is 4. The summed E-state index contributed by atoms with van der Waals surface area (Å²) in [7, 11) is 1.75. The summed E-state index contributed by atoms with van der Waals surface area (Å²) >= 11 is 0. The summed E-state index contributed by atoms with van der Waals surface area (Å²) in [5.41, 5.74) is 3.86. The topological polar surface area (TPSA) is 80.0 Å². The maximum atomic E-state index is 5.95. The van der Waals surface area contributed by atoms with Crippen LogP contribution in [0.3, 0.4) is 0 Å². The zero-order valence-corrected chi connectivity index (χ0v) is 17.0. The van der Waals surface area contributed by atoms with Gasteiger partial charge < -0.3 is 28.6 Å². The van der Waals surface area contributed by atoms with Crippen LogP contribution in [0.1, 0.15) is 11.3 Å². The Balaban J connectivity index is 1.21. The van der Waals surface area contributed by atoms with Gasteiger partial charge >= 0.3 is 0 Å². The number of nitrogens with zero attached hydrogens (tertiary/aromatic N) is 6. The first-order valence-corrected chi connectivity index (χ1v) is 10.4. The molecule has 0 saturated carbocycles. The molecule has 0 N–H and O–H groups in total. The molecular formula is C21H24N6O3. The van der Waals surface area contributed by atoms with Crippen molar-refractivity contribution in [3.63, 3.8) is 0 Å². The number of piperazine rings is 1. The number of hydrogen-bond acceptors (Lipinski definition) is 9. The van der Waals surface area contributed by atoms with Crippen LogP contribution >= 0.6 is 0 Å². The molecule has 9 heteroatoms. The lowest BCUT2D eigenvalue weighted by Crippen LogP contribution is -2.53. The van der Waals surface area contributed by atoms with E-state index in [4.69, 9.17) is 23.9 Å². The molecule has 2 fully saturated rings. The van der Waals surface area contributed by atoms with E-state index in [1.54, 1.807) is 7.11 Å². The van der Waals surface area contributed by atoms with Crippen molar-refractivity contribution in [1.29, 1.82) is 0 Å². The maximum absolute atomic E-state index is 5.95. The van der Waals surface area contributed by atoms with E-state index in [-0.39, 0.29) is 6.10 Å². The van der Waals surface area contributed by atoms with Crippen LogP contribution in [0, 0.1) is 0 Å². The Morgan fingerprint density at radius 2 is 1.73 bits per heavy atom. The van der Waals surface area contributed by atoms with Gasteiger partial charge in [0.1, 0.15) is 11.3 Å². The largest absolute Gasteiger partial charge is 0.423 e. The fourth-order valence-corrected chi connectivity index (χ4v) is 4.28. The Labute approximate surface area is 174 Å². The number of hydrogen-bond donors (Lipinski definition) is 0. The smallest absolute Gasteiger partial charge is 0.298 e. The molecule has 0 radical (unpaired) electrons. The molecule has 6 rings (SSSR count). The highest BCUT2D eigenvalue weighted by atomic mass is 16.5. The van der Waals surface area contributed by atoms with Gasteiger partial charge in [-0.1, -0.05) is 12.1 Å². The molecule has 156 valence electrons. The highest BCUT2D eigenvalue weighted by molar-refractivity contribution is 5.74. The Hall–Kier alpha value is -2.91. The molecule has 3 aromatic rings. The van der Waals surface area contributed by atoms with Crippen LogP contribution in [-0.2, 0) is 22.7 Å². The van der Waals surface area contributed by atoms with Crippen molar-refractivity contribution in [3.8, 4) is 0 Å². The van der Waals surface area contributed by atoms with Gasteiger partial charge in [-0.05, 0) is 12.1 Å². The molecule has 0 amide bonds. The van der Waals surface area contributed by atoms with E-state index in [2.05, 4.69) is 19.7 Å². The minimum atomic E-state index is 0.265. The lowest BCUT2D eigenvalue weighted by Gasteiger charge is -2.39. The van der Waals surface area contributed by atoms with E-state index in [0.717, 1.165) is 73.4 Å². The molecule has 0 spiro atoms. The molecule has 2 aromatic heterocycles. The summed E-state index contributed by atoms with van der Waals surface area (Å²) in [6, 6.07) is 8.58. The summed E-state index contributed by atoms with van der Waals surface area (Å²) in [6.07, 6.45) is 0.265. The van der Waals surface area contributed by atoms with E-state index in [1.165, 1.54) is 0 Å². The van der Waals surface area contributed by atoms with Crippen molar-refractivity contribution in [3.05, 3.63) is 35.5 Å². The standard InChI is InChI=1S/C21H24N6O3/c1-28-14-10-27(11-14)20-22-17-13-29-12-15(17)19(24-20)25-6-8-26(9-7-25)21-23-16-4-2-3-5-18(16)30-21/h2-5,14H,6-13H2,1H3. The molecule has 30 heavy (non-hydrogen) atoms. The average molecular weight is 408 g/mol. The molecule has 0 bridgehead atoms. The van der Waals surface area contributed by atoms with Gasteiger partial charge in [-0.2, -0.15) is 9.97 Å². The van der Waals surface area contributed by atoms with Gasteiger partial charge in [0.15, 0.2) is 5.58 Å². The van der Waals surface area contributed by atoms with E-state index >= 15 is 0 Å². The summed E-state index contributed by atoms with van der Waals surface area (Å²) in [6.45, 7) is 6.17. The van der Waals surface area contributed by atoms with Crippen molar-refractivity contribution >= 4 is 28.9 Å². The van der Waals surface area contributed by atoms with Crippen LogP contribution in [0.2, 0.25) is 0 Å². The first-order valence-electron chi connectivity index (χ1n) is 10.4. The molecule has 2 saturated heterocycles. The van der Waals surface area contributed by atoms with Gasteiger partial charge in [-0.3, -0.25) is 0 Å². The molecule has 0 atom stereocenters. The fraction of sp³-hybridized carbons (Fsp3) is 0.476. The van der Waals surface area contributed by atoms with Gasteiger partial charge in [-0.15, -0.1) is 0 Å². The zero-order valence-electron chi connectivity index (χ0n) is 17.0. The SMILES string of the molecule is COC1CN(c2nc3c(c(N4CCN(c5nc6ccccc6o5)CC4)n2)COC3)C1. The highest BCUT2D eigenvalue weighted by Gasteiger charge is 2.32. The van der Waals surface area contributed by atoms with Crippen LogP contribution in [0.15, 0.2) is 28.7 Å². The summed E-state index contributed by atoms with van der Waals surface area (Å²) in [4.78, 5) is 21.0. The normalized spacial score (nSPS) is 19.4. The van der Waals surface area contributed by atoms with Gasteiger partial charge in [0, 0.05) is 51.9 Å². The van der Waals surface area contributed by atoms with Crippen molar-refractivity contribution in [2.45, 2.75) is 19.3 Å². The maximum Gasteiger partial charge on any atom is 0.298 e. The van der Waals surface area contributed by atoms with Crippen molar-refractivity contribution in [1.82, 2.24) is 15.0 Å². The number of ether oxygens (including phenoxy) is 2. The number of anilines is 3. The van der Waals surface area contributed by atoms with Gasteiger partial charge in [0.2, 0.25) is 5.95 Å². The third-order valence-electron chi connectivity index (χ3n) is 6.14. The molecule has 5 heterocycles. The Morgan fingerprint density at radius 1 is 0.933 bits per heavy atom. The Morgan fingerprint density at radius 3 is 2.53 bits per heavy atom. The van der Waals surface area contributed by atoms with E-state index < -0.39 is 0 Å². The molecular weight excluding hydrogens is 384 g/mol. The third kappa shape index (κ3) is 2.96. The first-order chi connectivity index (χ1) is 14.8. The highest BCUT2D eigenvalue weighted by Crippen LogP contribution is 2.32. The van der Waals surface area contributed by atoms with E-state index in [1.807, 2.05) is 24.3 Å². The van der Waals surface area contributed by atoms with E-state index in [0.29, 0.717) is 19.2 Å².